The molecule has 4 nitrogen and oxygen atoms in total. The van der Waals surface area contributed by atoms with Crippen LogP contribution in [-0.2, 0) is 10.0 Å². The van der Waals surface area contributed by atoms with Crippen LogP contribution in [0.2, 0.25) is 0 Å². The Morgan fingerprint density at radius 3 is 2.69 bits per heavy atom. The summed E-state index contributed by atoms with van der Waals surface area (Å²) in [5.41, 5.74) is 0.736. The van der Waals surface area contributed by atoms with Crippen molar-refractivity contribution < 1.29 is 13.2 Å². The number of benzene rings is 1. The summed E-state index contributed by atoms with van der Waals surface area (Å²) < 4.78 is 28.9. The van der Waals surface area contributed by atoms with E-state index in [9.17, 15) is 8.42 Å². The Morgan fingerprint density at radius 2 is 2.06 bits per heavy atom. The van der Waals surface area contributed by atoms with Crippen LogP contribution in [0.15, 0.2) is 24.3 Å². The second-order valence-corrected chi connectivity index (χ2v) is 4.93. The Balaban J connectivity index is 2.70. The number of nitrogens with one attached hydrogen (secondary N) is 1. The van der Waals surface area contributed by atoms with E-state index < -0.39 is 10.0 Å². The highest BCUT2D eigenvalue weighted by atomic mass is 32.2. The van der Waals surface area contributed by atoms with Crippen LogP contribution in [0, 0.1) is 11.8 Å². The molecule has 0 aliphatic rings. The molecule has 16 heavy (non-hydrogen) atoms. The Morgan fingerprint density at radius 1 is 1.38 bits per heavy atom. The molecule has 0 spiro atoms. The molecule has 0 amide bonds. The number of methoxy groups -OCH3 is 1. The second-order valence-electron chi connectivity index (χ2n) is 3.10. The van der Waals surface area contributed by atoms with Crippen molar-refractivity contribution in [2.45, 2.75) is 0 Å². The fourth-order valence-corrected chi connectivity index (χ4v) is 1.39. The van der Waals surface area contributed by atoms with E-state index >= 15 is 0 Å². The van der Waals surface area contributed by atoms with Crippen molar-refractivity contribution in [3.05, 3.63) is 29.8 Å². The summed E-state index contributed by atoms with van der Waals surface area (Å²) in [4.78, 5) is 0. The lowest BCUT2D eigenvalue weighted by Crippen LogP contribution is -2.21. The Labute approximate surface area is 95.7 Å². The van der Waals surface area contributed by atoms with Gasteiger partial charge in [-0.2, -0.15) is 0 Å². The van der Waals surface area contributed by atoms with E-state index in [1.165, 1.54) is 0 Å². The minimum Gasteiger partial charge on any atom is -0.495 e. The molecule has 1 aromatic carbocycles. The van der Waals surface area contributed by atoms with E-state index in [4.69, 9.17) is 4.74 Å². The summed E-state index contributed by atoms with van der Waals surface area (Å²) in [5.74, 6) is 6.22. The normalized spacial score (nSPS) is 10.4. The zero-order chi connectivity index (χ0) is 12.0. The third kappa shape index (κ3) is 4.34. The number of hydrogen-bond donors (Lipinski definition) is 1. The van der Waals surface area contributed by atoms with E-state index in [1.54, 1.807) is 13.2 Å². The van der Waals surface area contributed by atoms with Gasteiger partial charge < -0.3 is 4.74 Å². The van der Waals surface area contributed by atoms with Gasteiger partial charge in [-0.25, -0.2) is 13.1 Å². The molecule has 0 bridgehead atoms. The molecule has 0 unspecified atom stereocenters. The summed E-state index contributed by atoms with van der Waals surface area (Å²) in [7, 11) is -1.61. The lowest BCUT2D eigenvalue weighted by Gasteiger charge is -2.01. The third-order valence-corrected chi connectivity index (χ3v) is 2.42. The fraction of sp³-hybridized carbons (Fsp3) is 0.273. The highest BCUT2D eigenvalue weighted by Gasteiger charge is 1.97. The Bertz CT molecular complexity index is 512. The third-order valence-electron chi connectivity index (χ3n) is 1.75. The van der Waals surface area contributed by atoms with Gasteiger partial charge in [0.15, 0.2) is 0 Å². The van der Waals surface area contributed by atoms with Gasteiger partial charge in [0.2, 0.25) is 10.0 Å². The van der Waals surface area contributed by atoms with Crippen LogP contribution in [0.3, 0.4) is 0 Å². The molecule has 0 aromatic heterocycles. The van der Waals surface area contributed by atoms with Gasteiger partial charge in [-0.15, -0.1) is 0 Å². The van der Waals surface area contributed by atoms with Gasteiger partial charge in [0.1, 0.15) is 5.75 Å². The van der Waals surface area contributed by atoms with Crippen molar-refractivity contribution in [1.29, 1.82) is 0 Å². The molecule has 86 valence electrons. The van der Waals surface area contributed by atoms with Gasteiger partial charge in [-0.3, -0.25) is 0 Å². The highest BCUT2D eigenvalue weighted by Crippen LogP contribution is 2.15. The van der Waals surface area contributed by atoms with Crippen molar-refractivity contribution in [2.24, 2.45) is 0 Å². The lowest BCUT2D eigenvalue weighted by molar-refractivity contribution is 0.413. The first-order valence-corrected chi connectivity index (χ1v) is 6.48. The van der Waals surface area contributed by atoms with Crippen LogP contribution < -0.4 is 9.46 Å². The second kappa shape index (κ2) is 5.54. The van der Waals surface area contributed by atoms with Gasteiger partial charge in [-0.1, -0.05) is 24.0 Å². The van der Waals surface area contributed by atoms with Crippen LogP contribution >= 0.6 is 0 Å². The number of para-hydroxylation sites is 1. The maximum atomic E-state index is 10.8. The molecule has 0 saturated carbocycles. The van der Waals surface area contributed by atoms with Crippen LogP contribution in [0.25, 0.3) is 0 Å². The first-order chi connectivity index (χ1) is 7.53. The molecule has 0 radical (unpaired) electrons. The molecular formula is C11H13NO3S. The monoisotopic (exact) mass is 239 g/mol. The smallest absolute Gasteiger partial charge is 0.209 e. The van der Waals surface area contributed by atoms with E-state index in [0.29, 0.717) is 5.75 Å². The molecule has 1 rings (SSSR count). The summed E-state index contributed by atoms with van der Waals surface area (Å²) >= 11 is 0. The van der Waals surface area contributed by atoms with Crippen molar-refractivity contribution in [3.8, 4) is 17.6 Å². The van der Waals surface area contributed by atoms with E-state index in [-0.39, 0.29) is 6.54 Å². The van der Waals surface area contributed by atoms with Gasteiger partial charge in [0.05, 0.1) is 25.5 Å². The Kier molecular flexibility index (Phi) is 4.35. The molecule has 0 heterocycles. The largest absolute Gasteiger partial charge is 0.495 e. The number of sulfonamides is 1. The van der Waals surface area contributed by atoms with E-state index in [2.05, 4.69) is 16.6 Å². The van der Waals surface area contributed by atoms with Gasteiger partial charge >= 0.3 is 0 Å². The standard InChI is InChI=1S/C11H13NO3S/c1-15-11-8-4-3-6-10(11)7-5-9-12-16(2,13)14/h3-4,6,8,12H,9H2,1-2H3. The zero-order valence-corrected chi connectivity index (χ0v) is 9.97. The lowest BCUT2D eigenvalue weighted by atomic mass is 10.2. The summed E-state index contributed by atoms with van der Waals surface area (Å²) in [6.07, 6.45) is 1.10. The molecule has 5 heteroatoms. The highest BCUT2D eigenvalue weighted by molar-refractivity contribution is 7.88. The molecule has 0 saturated heterocycles. The van der Waals surface area contributed by atoms with Crippen LogP contribution in [0.5, 0.6) is 5.75 Å². The average Bonchev–Trinajstić information content (AvgIpc) is 2.23. The van der Waals surface area contributed by atoms with Crippen molar-refractivity contribution >= 4 is 10.0 Å². The average molecular weight is 239 g/mol. The number of rotatable bonds is 3. The van der Waals surface area contributed by atoms with Crippen molar-refractivity contribution in [1.82, 2.24) is 4.72 Å². The van der Waals surface area contributed by atoms with Crippen LogP contribution in [-0.4, -0.2) is 28.3 Å². The zero-order valence-electron chi connectivity index (χ0n) is 9.15. The molecular weight excluding hydrogens is 226 g/mol. The quantitative estimate of drug-likeness (QED) is 0.786. The predicted octanol–water partition coefficient (Wildman–Crippen LogP) is 0.596. The molecule has 0 aliphatic heterocycles. The van der Waals surface area contributed by atoms with Crippen molar-refractivity contribution in [2.75, 3.05) is 19.9 Å². The number of ether oxygens (including phenoxy) is 1. The van der Waals surface area contributed by atoms with Gasteiger partial charge in [0, 0.05) is 0 Å². The summed E-state index contributed by atoms with van der Waals surface area (Å²) in [6, 6.07) is 7.30. The summed E-state index contributed by atoms with van der Waals surface area (Å²) in [6.45, 7) is 0.0941. The van der Waals surface area contributed by atoms with Gasteiger partial charge in [0.25, 0.3) is 0 Å². The maximum absolute atomic E-state index is 10.8. The molecule has 1 N–H and O–H groups in total. The van der Waals surface area contributed by atoms with E-state index in [1.807, 2.05) is 18.2 Å². The van der Waals surface area contributed by atoms with Crippen molar-refractivity contribution in [3.63, 3.8) is 0 Å². The topological polar surface area (TPSA) is 55.4 Å². The Hall–Kier alpha value is -1.51. The van der Waals surface area contributed by atoms with E-state index in [0.717, 1.165) is 11.8 Å². The fourth-order valence-electron chi connectivity index (χ4n) is 1.05. The minimum atomic E-state index is -3.18. The first-order valence-electron chi connectivity index (χ1n) is 4.59. The molecule has 0 fully saturated rings. The molecule has 0 aliphatic carbocycles. The van der Waals surface area contributed by atoms with Gasteiger partial charge in [-0.05, 0) is 12.1 Å². The first kappa shape index (κ1) is 12.6. The SMILES string of the molecule is COc1ccccc1C#CCNS(C)(=O)=O. The minimum absolute atomic E-state index is 0.0941. The predicted molar refractivity (Wildman–Crippen MR) is 62.7 cm³/mol. The summed E-state index contributed by atoms with van der Waals surface area (Å²) in [5, 5.41) is 0. The maximum Gasteiger partial charge on any atom is 0.209 e. The molecule has 0 atom stereocenters. The number of hydrogen-bond acceptors (Lipinski definition) is 3. The van der Waals surface area contributed by atoms with Crippen LogP contribution in [0.1, 0.15) is 5.56 Å². The molecule has 1 aromatic rings. The van der Waals surface area contributed by atoms with Crippen LogP contribution in [0.4, 0.5) is 0 Å².